The Morgan fingerprint density at radius 1 is 1.20 bits per heavy atom. The minimum Gasteiger partial charge on any atom is -0.546 e. The molecule has 1 rings (SSSR count). The van der Waals surface area contributed by atoms with Gasteiger partial charge in [-0.3, -0.25) is 0 Å². The molecule has 1 aliphatic carbocycles. The molecule has 0 spiro atoms. The van der Waals surface area contributed by atoms with Gasteiger partial charge in [0.25, 0.3) is 0 Å². The highest BCUT2D eigenvalue weighted by Crippen LogP contribution is 2.29. The second-order valence-corrected chi connectivity index (χ2v) is 9.08. The zero-order valence-corrected chi connectivity index (χ0v) is 11.6. The summed E-state index contributed by atoms with van der Waals surface area (Å²) in [4.78, 5) is 0. The third kappa shape index (κ3) is 2.97. The van der Waals surface area contributed by atoms with Crippen LogP contribution in [0.4, 0.5) is 0 Å². The van der Waals surface area contributed by atoms with Gasteiger partial charge in [-0.05, 0) is 37.0 Å². The van der Waals surface area contributed by atoms with Crippen LogP contribution in [0, 0.1) is 0 Å². The van der Waals surface area contributed by atoms with Crippen LogP contribution in [0.15, 0.2) is 23.5 Å². The largest absolute Gasteiger partial charge is 0.546 e. The summed E-state index contributed by atoms with van der Waals surface area (Å²) in [7, 11) is -1.44. The molecule has 0 unspecified atom stereocenters. The van der Waals surface area contributed by atoms with E-state index >= 15 is 0 Å². The first-order valence-electron chi connectivity index (χ1n) is 6.22. The highest BCUT2D eigenvalue weighted by atomic mass is 28.4. The fraction of sp³-hybridized carbons (Fsp3) is 0.692. The molecule has 2 heteroatoms. The van der Waals surface area contributed by atoms with Crippen LogP contribution in [0.3, 0.4) is 0 Å². The van der Waals surface area contributed by atoms with Crippen molar-refractivity contribution in [3.05, 3.63) is 23.5 Å². The van der Waals surface area contributed by atoms with E-state index < -0.39 is 8.32 Å². The standard InChI is InChI=1S/C13H24OSi/c1-5-15(6-2,7-3)14-13-11-9-8-10-12(13)4/h8,10H,5-7,9,11H2,1-4H3. The van der Waals surface area contributed by atoms with Gasteiger partial charge in [-0.1, -0.05) is 32.9 Å². The van der Waals surface area contributed by atoms with Crippen molar-refractivity contribution in [2.24, 2.45) is 0 Å². The Labute approximate surface area is 95.4 Å². The van der Waals surface area contributed by atoms with Gasteiger partial charge in [0, 0.05) is 6.42 Å². The zero-order valence-electron chi connectivity index (χ0n) is 10.6. The molecule has 0 heterocycles. The Morgan fingerprint density at radius 2 is 1.80 bits per heavy atom. The van der Waals surface area contributed by atoms with Crippen molar-refractivity contribution in [3.8, 4) is 0 Å². The third-order valence-corrected chi connectivity index (χ3v) is 8.16. The van der Waals surface area contributed by atoms with Crippen LogP contribution in [0.2, 0.25) is 18.1 Å². The second kappa shape index (κ2) is 5.55. The SMILES string of the molecule is CC[Si](CC)(CC)OC1=C(C)C=CCC1. The highest BCUT2D eigenvalue weighted by molar-refractivity contribution is 6.73. The molecule has 0 aromatic heterocycles. The van der Waals surface area contributed by atoms with Crippen LogP contribution < -0.4 is 0 Å². The lowest BCUT2D eigenvalue weighted by molar-refractivity contribution is 0.378. The first kappa shape index (κ1) is 12.6. The second-order valence-electron chi connectivity index (χ2n) is 4.39. The van der Waals surface area contributed by atoms with Crippen molar-refractivity contribution in [2.75, 3.05) is 0 Å². The van der Waals surface area contributed by atoms with Gasteiger partial charge < -0.3 is 4.43 Å². The predicted molar refractivity (Wildman–Crippen MR) is 69.4 cm³/mol. The molecule has 0 fully saturated rings. The molecule has 0 bridgehead atoms. The fourth-order valence-electron chi connectivity index (χ4n) is 2.12. The van der Waals surface area contributed by atoms with Gasteiger partial charge in [0.1, 0.15) is 0 Å². The molecule has 15 heavy (non-hydrogen) atoms. The number of hydrogen-bond acceptors (Lipinski definition) is 1. The lowest BCUT2D eigenvalue weighted by Crippen LogP contribution is -2.35. The van der Waals surface area contributed by atoms with Crippen molar-refractivity contribution < 1.29 is 4.43 Å². The molecule has 0 amide bonds. The van der Waals surface area contributed by atoms with E-state index in [2.05, 4.69) is 39.8 Å². The molecule has 0 saturated heterocycles. The number of hydrogen-bond donors (Lipinski definition) is 0. The van der Waals surface area contributed by atoms with Crippen LogP contribution in [-0.2, 0) is 4.43 Å². The van der Waals surface area contributed by atoms with Gasteiger partial charge in [-0.15, -0.1) is 0 Å². The van der Waals surface area contributed by atoms with Crippen LogP contribution in [0.25, 0.3) is 0 Å². The Hall–Kier alpha value is -0.503. The number of rotatable bonds is 5. The van der Waals surface area contributed by atoms with E-state index in [-0.39, 0.29) is 0 Å². The maximum Gasteiger partial charge on any atom is 0.250 e. The van der Waals surface area contributed by atoms with E-state index in [1.807, 2.05) is 0 Å². The summed E-state index contributed by atoms with van der Waals surface area (Å²) in [5, 5.41) is 0. The Kier molecular flexibility index (Phi) is 4.65. The lowest BCUT2D eigenvalue weighted by Gasteiger charge is -2.32. The molecule has 0 radical (unpaired) electrons. The summed E-state index contributed by atoms with van der Waals surface area (Å²) in [6.07, 6.45) is 6.71. The van der Waals surface area contributed by atoms with Crippen molar-refractivity contribution in [3.63, 3.8) is 0 Å². The highest BCUT2D eigenvalue weighted by Gasteiger charge is 2.31. The molecule has 0 aromatic rings. The summed E-state index contributed by atoms with van der Waals surface area (Å²) in [6.45, 7) is 9.03. The van der Waals surface area contributed by atoms with Gasteiger partial charge >= 0.3 is 0 Å². The smallest absolute Gasteiger partial charge is 0.250 e. The minimum absolute atomic E-state index is 1.11. The summed E-state index contributed by atoms with van der Waals surface area (Å²) >= 11 is 0. The summed E-state index contributed by atoms with van der Waals surface area (Å²) in [6, 6.07) is 3.71. The molecule has 0 aliphatic heterocycles. The topological polar surface area (TPSA) is 9.23 Å². The van der Waals surface area contributed by atoms with Gasteiger partial charge in [0.05, 0.1) is 5.76 Å². The molecule has 0 atom stereocenters. The van der Waals surface area contributed by atoms with Crippen LogP contribution in [0.5, 0.6) is 0 Å². The van der Waals surface area contributed by atoms with Gasteiger partial charge in [-0.2, -0.15) is 0 Å². The van der Waals surface area contributed by atoms with Crippen molar-refractivity contribution in [1.29, 1.82) is 0 Å². The number of allylic oxidation sites excluding steroid dienone is 4. The quantitative estimate of drug-likeness (QED) is 0.619. The van der Waals surface area contributed by atoms with Gasteiger partial charge in [0.15, 0.2) is 0 Å². The molecule has 86 valence electrons. The Bertz CT molecular complexity index is 253. The summed E-state index contributed by atoms with van der Waals surface area (Å²) < 4.78 is 6.41. The summed E-state index contributed by atoms with van der Waals surface area (Å²) in [5.74, 6) is 1.27. The Balaban J connectivity index is 2.77. The van der Waals surface area contributed by atoms with E-state index in [1.165, 1.54) is 29.5 Å². The first-order valence-corrected chi connectivity index (χ1v) is 8.75. The first-order chi connectivity index (χ1) is 7.17. The monoisotopic (exact) mass is 224 g/mol. The van der Waals surface area contributed by atoms with E-state index in [0.29, 0.717) is 0 Å². The lowest BCUT2D eigenvalue weighted by atomic mass is 10.1. The zero-order chi connectivity index (χ0) is 11.3. The Morgan fingerprint density at radius 3 is 2.27 bits per heavy atom. The van der Waals surface area contributed by atoms with Gasteiger partial charge in [0.2, 0.25) is 8.32 Å². The van der Waals surface area contributed by atoms with E-state index in [4.69, 9.17) is 4.43 Å². The molecular formula is C13H24OSi. The van der Waals surface area contributed by atoms with E-state index in [0.717, 1.165) is 12.8 Å². The predicted octanol–water partition coefficient (Wildman–Crippen LogP) is 4.63. The van der Waals surface area contributed by atoms with E-state index in [9.17, 15) is 0 Å². The van der Waals surface area contributed by atoms with Crippen LogP contribution in [-0.4, -0.2) is 8.32 Å². The van der Waals surface area contributed by atoms with Gasteiger partial charge in [-0.25, -0.2) is 0 Å². The molecule has 1 nitrogen and oxygen atoms in total. The average Bonchev–Trinajstić information content (AvgIpc) is 2.29. The third-order valence-electron chi connectivity index (χ3n) is 3.62. The summed E-state index contributed by atoms with van der Waals surface area (Å²) in [5.41, 5.74) is 1.34. The van der Waals surface area contributed by atoms with Crippen molar-refractivity contribution in [1.82, 2.24) is 0 Å². The van der Waals surface area contributed by atoms with Crippen LogP contribution >= 0.6 is 0 Å². The molecule has 0 aromatic carbocycles. The minimum atomic E-state index is -1.44. The van der Waals surface area contributed by atoms with Crippen molar-refractivity contribution >= 4 is 8.32 Å². The maximum absolute atomic E-state index is 6.41. The average molecular weight is 224 g/mol. The molecular weight excluding hydrogens is 200 g/mol. The molecule has 0 N–H and O–H groups in total. The maximum atomic E-state index is 6.41. The van der Waals surface area contributed by atoms with Crippen LogP contribution in [0.1, 0.15) is 40.5 Å². The normalized spacial score (nSPS) is 17.1. The fourth-order valence-corrected chi connectivity index (χ4v) is 4.84. The molecule has 0 saturated carbocycles. The van der Waals surface area contributed by atoms with E-state index in [1.54, 1.807) is 0 Å². The van der Waals surface area contributed by atoms with Crippen molar-refractivity contribution in [2.45, 2.75) is 58.7 Å². The molecule has 1 aliphatic rings.